The Hall–Kier alpha value is -3.99. The Kier molecular flexibility index (Phi) is 8.87. The molecule has 1 heterocycles. The molecule has 0 fully saturated rings. The molecule has 0 aliphatic rings. The fourth-order valence-electron chi connectivity index (χ4n) is 4.60. The summed E-state index contributed by atoms with van der Waals surface area (Å²) in [6.07, 6.45) is -8.61. The molecule has 11 heteroatoms. The fraction of sp³-hybridized carbons (Fsp3) is 0.250. The maximum atomic E-state index is 13.9. The Balaban J connectivity index is 1.80. The molecular formula is C32H28F6N2O2S. The molecule has 0 aliphatic carbocycles. The second-order valence-electron chi connectivity index (χ2n) is 10.4. The summed E-state index contributed by atoms with van der Waals surface area (Å²) < 4.78 is 86.8. The van der Waals surface area contributed by atoms with Gasteiger partial charge in [0.05, 0.1) is 35.5 Å². The van der Waals surface area contributed by atoms with Crippen LogP contribution in [0.2, 0.25) is 0 Å². The van der Waals surface area contributed by atoms with Crippen molar-refractivity contribution in [3.63, 3.8) is 0 Å². The van der Waals surface area contributed by atoms with Crippen molar-refractivity contribution < 1.29 is 35.9 Å². The molecule has 4 nitrogen and oxygen atoms in total. The smallest absolute Gasteiger partial charge is 0.416 e. The van der Waals surface area contributed by atoms with Crippen LogP contribution in [0.3, 0.4) is 0 Å². The maximum absolute atomic E-state index is 13.9. The molecule has 0 bridgehead atoms. The summed E-state index contributed by atoms with van der Waals surface area (Å²) in [4.78, 5) is 20.5. The number of ether oxygens (including phenoxy) is 1. The van der Waals surface area contributed by atoms with Crippen LogP contribution in [0.1, 0.15) is 36.1 Å². The lowest BCUT2D eigenvalue weighted by Gasteiger charge is -2.32. The van der Waals surface area contributed by atoms with E-state index in [1.54, 1.807) is 13.2 Å². The molecule has 0 N–H and O–H groups in total. The standard InChI is InChI=1S/C32H28F6N2O2S/c1-19-9-6-7-12-25(19)26-17-28(43-24-11-8-10-23(16-24)42-5)39-18-27(26)40(4)29(41)30(2,3)20-13-21(31(33,34)35)15-22(14-20)32(36,37)38/h6-18H,1-5H3. The number of rotatable bonds is 7. The monoisotopic (exact) mass is 618 g/mol. The topological polar surface area (TPSA) is 42.4 Å². The van der Waals surface area contributed by atoms with E-state index >= 15 is 0 Å². The third-order valence-corrected chi connectivity index (χ3v) is 7.99. The van der Waals surface area contributed by atoms with E-state index < -0.39 is 40.4 Å². The van der Waals surface area contributed by atoms with Crippen molar-refractivity contribution in [1.29, 1.82) is 0 Å². The highest BCUT2D eigenvalue weighted by Gasteiger charge is 2.41. The number of aromatic nitrogens is 1. The normalized spacial score (nSPS) is 12.3. The number of aryl methyl sites for hydroxylation is 1. The number of carbonyl (C=O) groups excluding carboxylic acids is 1. The number of benzene rings is 3. The molecule has 226 valence electrons. The van der Waals surface area contributed by atoms with Gasteiger partial charge in [-0.05, 0) is 79.9 Å². The average Bonchev–Trinajstić information content (AvgIpc) is 2.95. The lowest BCUT2D eigenvalue weighted by molar-refractivity contribution is -0.143. The number of anilines is 1. The minimum atomic E-state index is -5.04. The van der Waals surface area contributed by atoms with E-state index in [9.17, 15) is 31.1 Å². The number of likely N-dealkylation sites (N-methyl/N-ethyl adjacent to an activating group) is 1. The van der Waals surface area contributed by atoms with Crippen molar-refractivity contribution in [2.75, 3.05) is 19.1 Å². The van der Waals surface area contributed by atoms with E-state index in [0.29, 0.717) is 34.2 Å². The average molecular weight is 619 g/mol. The third kappa shape index (κ3) is 6.98. The predicted octanol–water partition coefficient (Wildman–Crippen LogP) is 9.20. The fourth-order valence-corrected chi connectivity index (χ4v) is 5.44. The highest BCUT2D eigenvalue weighted by Crippen LogP contribution is 2.42. The SMILES string of the molecule is COc1cccc(Sc2cc(-c3ccccc3C)c(N(C)C(=O)C(C)(C)c3cc(C(F)(F)F)cc(C(F)(F)F)c3)cn2)c1. The zero-order valence-corrected chi connectivity index (χ0v) is 24.7. The number of carbonyl (C=O) groups is 1. The van der Waals surface area contributed by atoms with E-state index in [1.165, 1.54) is 43.8 Å². The highest BCUT2D eigenvalue weighted by molar-refractivity contribution is 7.99. The van der Waals surface area contributed by atoms with Gasteiger partial charge in [-0.3, -0.25) is 4.79 Å². The van der Waals surface area contributed by atoms with Crippen molar-refractivity contribution in [1.82, 2.24) is 4.98 Å². The molecule has 0 atom stereocenters. The van der Waals surface area contributed by atoms with E-state index in [4.69, 9.17) is 4.74 Å². The number of hydrogen-bond donors (Lipinski definition) is 0. The van der Waals surface area contributed by atoms with Crippen molar-refractivity contribution >= 4 is 23.4 Å². The lowest BCUT2D eigenvalue weighted by Crippen LogP contribution is -2.42. The van der Waals surface area contributed by atoms with Gasteiger partial charge >= 0.3 is 12.4 Å². The molecule has 0 spiro atoms. The summed E-state index contributed by atoms with van der Waals surface area (Å²) in [5.41, 5.74) is -2.53. The van der Waals surface area contributed by atoms with Gasteiger partial charge in [0.15, 0.2) is 0 Å². The van der Waals surface area contributed by atoms with Gasteiger partial charge in [0.25, 0.3) is 0 Å². The Morgan fingerprint density at radius 1 is 0.814 bits per heavy atom. The number of amides is 1. The minimum absolute atomic E-state index is 0.0483. The number of pyridine rings is 1. The van der Waals surface area contributed by atoms with Crippen LogP contribution in [0.25, 0.3) is 11.1 Å². The molecule has 1 aromatic heterocycles. The Bertz CT molecular complexity index is 1620. The van der Waals surface area contributed by atoms with Gasteiger partial charge in [-0.2, -0.15) is 26.3 Å². The van der Waals surface area contributed by atoms with Gasteiger partial charge in [-0.1, -0.05) is 42.1 Å². The summed E-state index contributed by atoms with van der Waals surface area (Å²) in [6.45, 7) is 4.49. The van der Waals surface area contributed by atoms with E-state index in [2.05, 4.69) is 4.98 Å². The largest absolute Gasteiger partial charge is 0.497 e. The van der Waals surface area contributed by atoms with Gasteiger partial charge in [0, 0.05) is 17.5 Å². The van der Waals surface area contributed by atoms with E-state index in [1.807, 2.05) is 55.5 Å². The molecule has 0 aliphatic heterocycles. The van der Waals surface area contributed by atoms with Gasteiger partial charge in [0.1, 0.15) is 10.8 Å². The van der Waals surface area contributed by atoms with Crippen LogP contribution < -0.4 is 9.64 Å². The van der Waals surface area contributed by atoms with Crippen LogP contribution in [0.4, 0.5) is 32.0 Å². The molecule has 3 aromatic carbocycles. The zero-order valence-electron chi connectivity index (χ0n) is 23.9. The molecule has 0 saturated heterocycles. The summed E-state index contributed by atoms with van der Waals surface area (Å²) in [7, 11) is 2.99. The van der Waals surface area contributed by atoms with Gasteiger partial charge in [0.2, 0.25) is 5.91 Å². The molecule has 4 rings (SSSR count). The van der Waals surface area contributed by atoms with Crippen LogP contribution >= 0.6 is 11.8 Å². The zero-order chi connectivity index (χ0) is 31.7. The van der Waals surface area contributed by atoms with Crippen molar-refractivity contribution in [3.8, 4) is 16.9 Å². The van der Waals surface area contributed by atoms with Crippen LogP contribution in [0, 0.1) is 6.92 Å². The first-order chi connectivity index (χ1) is 20.0. The number of halogens is 6. The third-order valence-electron chi connectivity index (χ3n) is 7.07. The highest BCUT2D eigenvalue weighted by atomic mass is 32.2. The van der Waals surface area contributed by atoms with Gasteiger partial charge in [-0.15, -0.1) is 0 Å². The van der Waals surface area contributed by atoms with E-state index in [0.717, 1.165) is 16.0 Å². The van der Waals surface area contributed by atoms with Crippen LogP contribution in [0.15, 0.2) is 88.9 Å². The first kappa shape index (κ1) is 31.9. The molecule has 43 heavy (non-hydrogen) atoms. The van der Waals surface area contributed by atoms with Crippen LogP contribution in [0.5, 0.6) is 5.75 Å². The summed E-state index contributed by atoms with van der Waals surface area (Å²) in [5.74, 6) is -0.0543. The summed E-state index contributed by atoms with van der Waals surface area (Å²) >= 11 is 1.36. The van der Waals surface area contributed by atoms with Crippen molar-refractivity contribution in [2.24, 2.45) is 0 Å². The molecular weight excluding hydrogens is 590 g/mol. The predicted molar refractivity (Wildman–Crippen MR) is 154 cm³/mol. The summed E-state index contributed by atoms with van der Waals surface area (Å²) in [6, 6.07) is 17.8. The number of alkyl halides is 6. The minimum Gasteiger partial charge on any atom is -0.497 e. The first-order valence-electron chi connectivity index (χ1n) is 13.0. The Labute approximate surface area is 249 Å². The molecule has 4 aromatic rings. The number of nitrogens with zero attached hydrogens (tertiary/aromatic N) is 2. The lowest BCUT2D eigenvalue weighted by atomic mass is 9.81. The van der Waals surface area contributed by atoms with Crippen molar-refractivity contribution in [3.05, 3.63) is 101 Å². The maximum Gasteiger partial charge on any atom is 0.416 e. The van der Waals surface area contributed by atoms with Gasteiger partial charge in [-0.25, -0.2) is 4.98 Å². The number of methoxy groups -OCH3 is 1. The molecule has 1 amide bonds. The summed E-state index contributed by atoms with van der Waals surface area (Å²) in [5, 5.41) is 0.600. The quantitative estimate of drug-likeness (QED) is 0.194. The Morgan fingerprint density at radius 3 is 2.00 bits per heavy atom. The molecule has 0 unspecified atom stereocenters. The molecule has 0 radical (unpaired) electrons. The van der Waals surface area contributed by atoms with E-state index in [-0.39, 0.29) is 6.07 Å². The van der Waals surface area contributed by atoms with Gasteiger partial charge < -0.3 is 9.64 Å². The first-order valence-corrected chi connectivity index (χ1v) is 13.8. The van der Waals surface area contributed by atoms with Crippen LogP contribution in [-0.2, 0) is 22.6 Å². The van der Waals surface area contributed by atoms with Crippen molar-refractivity contribution in [2.45, 2.75) is 48.5 Å². The number of hydrogen-bond acceptors (Lipinski definition) is 4. The second kappa shape index (κ2) is 11.9. The Morgan fingerprint density at radius 2 is 1.42 bits per heavy atom. The molecule has 0 saturated carbocycles. The van der Waals surface area contributed by atoms with Crippen LogP contribution in [-0.4, -0.2) is 25.0 Å². The second-order valence-corrected chi connectivity index (χ2v) is 11.5.